The second-order valence-corrected chi connectivity index (χ2v) is 6.52. The van der Waals surface area contributed by atoms with Gasteiger partial charge in [0, 0.05) is 25.2 Å². The predicted octanol–water partition coefficient (Wildman–Crippen LogP) is 3.58. The molecular formula is C20H22N2O3. The molecule has 0 radical (unpaired) electrons. The van der Waals surface area contributed by atoms with Crippen molar-refractivity contribution in [3.63, 3.8) is 0 Å². The molecule has 0 bridgehead atoms. The van der Waals surface area contributed by atoms with E-state index in [1.807, 2.05) is 25.2 Å². The van der Waals surface area contributed by atoms with Crippen LogP contribution in [0.2, 0.25) is 0 Å². The van der Waals surface area contributed by atoms with E-state index in [-0.39, 0.29) is 23.2 Å². The second kappa shape index (κ2) is 7.47. The topological polar surface area (TPSA) is 70.5 Å². The maximum absolute atomic E-state index is 12.8. The third-order valence-corrected chi connectivity index (χ3v) is 5.00. The van der Waals surface area contributed by atoms with Gasteiger partial charge >= 0.3 is 5.97 Å². The maximum Gasteiger partial charge on any atom is 0.337 e. The minimum absolute atomic E-state index is 0.0824. The van der Waals surface area contributed by atoms with Crippen molar-refractivity contribution >= 4 is 11.9 Å². The Labute approximate surface area is 147 Å². The quantitative estimate of drug-likeness (QED) is 0.925. The minimum atomic E-state index is -1.05. The van der Waals surface area contributed by atoms with Gasteiger partial charge in [-0.05, 0) is 30.5 Å². The van der Waals surface area contributed by atoms with Crippen LogP contribution in [-0.2, 0) is 0 Å². The Hall–Kier alpha value is -2.69. The number of nitrogens with zero attached hydrogens (tertiary/aromatic N) is 2. The molecule has 2 aromatic rings. The van der Waals surface area contributed by atoms with Gasteiger partial charge in [0.1, 0.15) is 5.69 Å². The zero-order valence-electron chi connectivity index (χ0n) is 14.3. The molecule has 1 amide bonds. The molecule has 1 saturated carbocycles. The number of carbonyl (C=O) groups excluding carboxylic acids is 1. The van der Waals surface area contributed by atoms with Crippen LogP contribution < -0.4 is 0 Å². The van der Waals surface area contributed by atoms with Crippen molar-refractivity contribution in [3.8, 4) is 0 Å². The van der Waals surface area contributed by atoms with Gasteiger partial charge in [0.2, 0.25) is 0 Å². The zero-order chi connectivity index (χ0) is 17.8. The highest BCUT2D eigenvalue weighted by atomic mass is 16.4. The van der Waals surface area contributed by atoms with E-state index in [9.17, 15) is 9.59 Å². The van der Waals surface area contributed by atoms with Crippen molar-refractivity contribution in [2.24, 2.45) is 0 Å². The van der Waals surface area contributed by atoms with Gasteiger partial charge in [0.25, 0.3) is 5.91 Å². The molecular weight excluding hydrogens is 316 g/mol. The standard InChI is InChI=1S/C20H22N2O3/c1-22(19(23)17-12-11-15(13-21-17)20(24)25)18-10-6-5-9-16(18)14-7-3-2-4-8-14/h2-4,7-8,11-13,16,18H,5-6,9-10H2,1H3,(H,24,25). The molecule has 1 aliphatic carbocycles. The van der Waals surface area contributed by atoms with Gasteiger partial charge in [-0.3, -0.25) is 9.78 Å². The number of benzene rings is 1. The van der Waals surface area contributed by atoms with E-state index in [1.165, 1.54) is 30.3 Å². The molecule has 0 saturated heterocycles. The predicted molar refractivity (Wildman–Crippen MR) is 94.7 cm³/mol. The first-order valence-corrected chi connectivity index (χ1v) is 8.59. The first-order chi connectivity index (χ1) is 12.1. The number of hydrogen-bond donors (Lipinski definition) is 1. The summed E-state index contributed by atoms with van der Waals surface area (Å²) in [5.74, 6) is -0.886. The van der Waals surface area contributed by atoms with E-state index in [2.05, 4.69) is 17.1 Å². The van der Waals surface area contributed by atoms with E-state index in [0.717, 1.165) is 19.3 Å². The molecule has 1 heterocycles. The molecule has 2 atom stereocenters. The molecule has 3 rings (SSSR count). The normalized spacial score (nSPS) is 20.0. The maximum atomic E-state index is 12.8. The molecule has 5 nitrogen and oxygen atoms in total. The van der Waals surface area contributed by atoms with Crippen molar-refractivity contribution in [3.05, 3.63) is 65.5 Å². The van der Waals surface area contributed by atoms with E-state index in [1.54, 1.807) is 4.90 Å². The SMILES string of the molecule is CN(C(=O)c1ccc(C(=O)O)cn1)C1CCCCC1c1ccccc1. The molecule has 0 aliphatic heterocycles. The van der Waals surface area contributed by atoms with Crippen LogP contribution in [0.1, 0.15) is 58.0 Å². The Morgan fingerprint density at radius 2 is 1.80 bits per heavy atom. The highest BCUT2D eigenvalue weighted by Gasteiger charge is 2.32. The lowest BCUT2D eigenvalue weighted by atomic mass is 9.79. The number of carbonyl (C=O) groups is 2. The molecule has 2 unspecified atom stereocenters. The fourth-order valence-electron chi connectivity index (χ4n) is 3.64. The van der Waals surface area contributed by atoms with Gasteiger partial charge < -0.3 is 10.0 Å². The zero-order valence-corrected chi connectivity index (χ0v) is 14.3. The number of carboxylic acid groups (broad SMARTS) is 1. The van der Waals surface area contributed by atoms with Crippen molar-refractivity contribution < 1.29 is 14.7 Å². The van der Waals surface area contributed by atoms with Crippen LogP contribution in [-0.4, -0.2) is 40.0 Å². The number of carboxylic acids is 1. The fraction of sp³-hybridized carbons (Fsp3) is 0.350. The third kappa shape index (κ3) is 3.71. The summed E-state index contributed by atoms with van der Waals surface area (Å²) >= 11 is 0. The average Bonchev–Trinajstić information content (AvgIpc) is 2.67. The van der Waals surface area contributed by atoms with Gasteiger partial charge in [-0.25, -0.2) is 4.79 Å². The number of aromatic carboxylic acids is 1. The average molecular weight is 338 g/mol. The summed E-state index contributed by atoms with van der Waals surface area (Å²) in [6.45, 7) is 0. The van der Waals surface area contributed by atoms with Crippen LogP contribution in [0, 0.1) is 0 Å². The first kappa shape index (κ1) is 17.1. The number of likely N-dealkylation sites (N-methyl/N-ethyl adjacent to an activating group) is 1. The Kier molecular flexibility index (Phi) is 5.12. The molecule has 1 N–H and O–H groups in total. The van der Waals surface area contributed by atoms with Crippen molar-refractivity contribution in [2.45, 2.75) is 37.6 Å². The Balaban J connectivity index is 1.80. The Bertz CT molecular complexity index is 743. The van der Waals surface area contributed by atoms with E-state index >= 15 is 0 Å². The minimum Gasteiger partial charge on any atom is -0.478 e. The number of hydrogen-bond acceptors (Lipinski definition) is 3. The summed E-state index contributed by atoms with van der Waals surface area (Å²) in [7, 11) is 1.82. The summed E-state index contributed by atoms with van der Waals surface area (Å²) in [6.07, 6.45) is 5.55. The lowest BCUT2D eigenvalue weighted by molar-refractivity contribution is 0.0657. The van der Waals surface area contributed by atoms with Crippen molar-refractivity contribution in [2.75, 3.05) is 7.05 Å². The van der Waals surface area contributed by atoms with Crippen molar-refractivity contribution in [1.29, 1.82) is 0 Å². The lowest BCUT2D eigenvalue weighted by Crippen LogP contribution is -2.42. The number of rotatable bonds is 4. The first-order valence-electron chi connectivity index (χ1n) is 8.59. The van der Waals surface area contributed by atoms with Crippen LogP contribution in [0.3, 0.4) is 0 Å². The molecule has 1 fully saturated rings. The highest BCUT2D eigenvalue weighted by Crippen LogP contribution is 2.36. The van der Waals surface area contributed by atoms with E-state index in [0.29, 0.717) is 5.92 Å². The van der Waals surface area contributed by atoms with Crippen LogP contribution in [0.25, 0.3) is 0 Å². The monoisotopic (exact) mass is 338 g/mol. The molecule has 25 heavy (non-hydrogen) atoms. The summed E-state index contributed by atoms with van der Waals surface area (Å²) in [5.41, 5.74) is 1.63. The number of amides is 1. The van der Waals surface area contributed by atoms with Crippen molar-refractivity contribution in [1.82, 2.24) is 9.88 Å². The molecule has 1 aromatic heterocycles. The second-order valence-electron chi connectivity index (χ2n) is 6.52. The molecule has 130 valence electrons. The summed E-state index contributed by atoms with van der Waals surface area (Å²) in [5, 5.41) is 8.95. The Morgan fingerprint density at radius 3 is 2.44 bits per heavy atom. The smallest absolute Gasteiger partial charge is 0.337 e. The highest BCUT2D eigenvalue weighted by molar-refractivity contribution is 5.93. The molecule has 5 heteroatoms. The van der Waals surface area contributed by atoms with Gasteiger partial charge in [0.05, 0.1) is 5.56 Å². The Morgan fingerprint density at radius 1 is 1.08 bits per heavy atom. The largest absolute Gasteiger partial charge is 0.478 e. The van der Waals surface area contributed by atoms with Crippen LogP contribution in [0.5, 0.6) is 0 Å². The van der Waals surface area contributed by atoms with E-state index in [4.69, 9.17) is 5.11 Å². The third-order valence-electron chi connectivity index (χ3n) is 5.00. The summed E-state index contributed by atoms with van der Waals surface area (Å²) in [4.78, 5) is 29.6. The van der Waals surface area contributed by atoms with Crippen LogP contribution >= 0.6 is 0 Å². The molecule has 1 aromatic carbocycles. The lowest BCUT2D eigenvalue weighted by Gasteiger charge is -2.38. The summed E-state index contributed by atoms with van der Waals surface area (Å²) in [6, 6.07) is 13.4. The van der Waals surface area contributed by atoms with Gasteiger partial charge in [-0.1, -0.05) is 43.2 Å². The number of pyridine rings is 1. The fourth-order valence-corrected chi connectivity index (χ4v) is 3.64. The van der Waals surface area contributed by atoms with Crippen LogP contribution in [0.4, 0.5) is 0 Å². The van der Waals surface area contributed by atoms with Crippen LogP contribution in [0.15, 0.2) is 48.7 Å². The van der Waals surface area contributed by atoms with Gasteiger partial charge in [0.15, 0.2) is 0 Å². The van der Waals surface area contributed by atoms with E-state index < -0.39 is 5.97 Å². The summed E-state index contributed by atoms with van der Waals surface area (Å²) < 4.78 is 0. The van der Waals surface area contributed by atoms with Gasteiger partial charge in [-0.15, -0.1) is 0 Å². The molecule has 0 spiro atoms. The number of aromatic nitrogens is 1. The van der Waals surface area contributed by atoms with Gasteiger partial charge in [-0.2, -0.15) is 0 Å². The molecule has 1 aliphatic rings.